The molecule has 7 nitrogen and oxygen atoms in total. The number of hydrogen-bond donors (Lipinski definition) is 2. The van der Waals surface area contributed by atoms with E-state index in [0.29, 0.717) is 17.9 Å². The van der Waals surface area contributed by atoms with Gasteiger partial charge in [-0.3, -0.25) is 0 Å². The minimum atomic E-state index is -3.93. The number of benzene rings is 3. The van der Waals surface area contributed by atoms with Gasteiger partial charge in [-0.2, -0.15) is 4.98 Å². The minimum absolute atomic E-state index is 0.0222. The van der Waals surface area contributed by atoms with Crippen molar-refractivity contribution in [2.24, 2.45) is 0 Å². The third kappa shape index (κ3) is 5.61. The highest BCUT2D eigenvalue weighted by molar-refractivity contribution is 7.92. The molecule has 2 heterocycles. The van der Waals surface area contributed by atoms with Crippen LogP contribution >= 0.6 is 0 Å². The van der Waals surface area contributed by atoms with Gasteiger partial charge in [0.05, 0.1) is 17.1 Å². The molecule has 202 valence electrons. The van der Waals surface area contributed by atoms with Crippen LogP contribution in [0.5, 0.6) is 5.88 Å². The van der Waals surface area contributed by atoms with Gasteiger partial charge in [-0.05, 0) is 72.2 Å². The summed E-state index contributed by atoms with van der Waals surface area (Å²) < 4.78 is 35.6. The number of nitrogens with zero attached hydrogens (tertiary/aromatic N) is 2. The first-order chi connectivity index (χ1) is 18.4. The second-order valence-electron chi connectivity index (χ2n) is 11.1. The van der Waals surface area contributed by atoms with E-state index >= 15 is 0 Å². The monoisotopic (exact) mass is 542 g/mol. The first kappa shape index (κ1) is 26.7. The van der Waals surface area contributed by atoms with Gasteiger partial charge in [0, 0.05) is 17.3 Å². The number of aryl methyl sites for hydroxylation is 3. The van der Waals surface area contributed by atoms with Gasteiger partial charge in [-0.1, -0.05) is 63.2 Å². The van der Waals surface area contributed by atoms with E-state index in [-0.39, 0.29) is 22.1 Å². The molecule has 0 saturated carbocycles. The maximum atomic E-state index is 13.3. The van der Waals surface area contributed by atoms with E-state index in [9.17, 15) is 8.42 Å². The van der Waals surface area contributed by atoms with E-state index in [1.54, 1.807) is 24.3 Å². The molecule has 1 unspecified atom stereocenters. The highest BCUT2D eigenvalue weighted by Gasteiger charge is 2.24. The lowest BCUT2D eigenvalue weighted by Gasteiger charge is -2.25. The molecule has 39 heavy (non-hydrogen) atoms. The Balaban J connectivity index is 1.67. The smallest absolute Gasteiger partial charge is 0.264 e. The summed E-state index contributed by atoms with van der Waals surface area (Å²) in [5.41, 5.74) is 7.63. The largest absolute Gasteiger partial charge is 0.467 e. The van der Waals surface area contributed by atoms with E-state index in [4.69, 9.17) is 4.74 Å². The summed E-state index contributed by atoms with van der Waals surface area (Å²) in [6.07, 6.45) is -0.396. The Kier molecular flexibility index (Phi) is 6.84. The topological polar surface area (TPSA) is 93.2 Å². The Morgan fingerprint density at radius 2 is 1.59 bits per heavy atom. The van der Waals surface area contributed by atoms with Gasteiger partial charge in [-0.15, -0.1) is 0 Å². The van der Waals surface area contributed by atoms with Crippen molar-refractivity contribution in [2.45, 2.75) is 58.0 Å². The summed E-state index contributed by atoms with van der Waals surface area (Å²) in [7, 11) is -3.93. The molecule has 4 bridgehead atoms. The van der Waals surface area contributed by atoms with Crippen LogP contribution in [-0.4, -0.2) is 24.9 Å². The fourth-order valence-electron chi connectivity index (χ4n) is 4.90. The molecule has 0 radical (unpaired) electrons. The Morgan fingerprint density at radius 1 is 0.872 bits per heavy atom. The van der Waals surface area contributed by atoms with E-state index in [2.05, 4.69) is 65.9 Å². The van der Waals surface area contributed by atoms with Crippen molar-refractivity contribution in [3.05, 3.63) is 94.5 Å². The SMILES string of the molecule is Cc1cc(C(C)(C)C)ccc1C1CNc2cccc(c2)S(=O)(=O)Nc2nc(cc(-c3c(C)cccc3C)n2)O1. The zero-order chi connectivity index (χ0) is 27.9. The van der Waals surface area contributed by atoms with Gasteiger partial charge < -0.3 is 10.1 Å². The molecule has 0 aliphatic carbocycles. The number of ether oxygens (including phenoxy) is 1. The predicted octanol–water partition coefficient (Wildman–Crippen LogP) is 6.71. The first-order valence-corrected chi connectivity index (χ1v) is 14.5. The summed E-state index contributed by atoms with van der Waals surface area (Å²) in [5, 5.41) is 3.37. The zero-order valence-corrected chi connectivity index (χ0v) is 24.0. The van der Waals surface area contributed by atoms with Gasteiger partial charge in [-0.25, -0.2) is 18.1 Å². The molecule has 1 aliphatic heterocycles. The van der Waals surface area contributed by atoms with Gasteiger partial charge in [0.2, 0.25) is 11.8 Å². The molecule has 0 spiro atoms. The summed E-state index contributed by atoms with van der Waals surface area (Å²) >= 11 is 0. The average molecular weight is 543 g/mol. The van der Waals surface area contributed by atoms with Crippen molar-refractivity contribution in [2.75, 3.05) is 16.6 Å². The Bertz CT molecular complexity index is 1640. The summed E-state index contributed by atoms with van der Waals surface area (Å²) in [5.74, 6) is 0.248. The molecule has 1 aliphatic rings. The van der Waals surface area contributed by atoms with Crippen LogP contribution < -0.4 is 14.8 Å². The van der Waals surface area contributed by atoms with Crippen LogP contribution in [0.1, 0.15) is 54.7 Å². The number of rotatable bonds is 2. The van der Waals surface area contributed by atoms with Crippen LogP contribution in [-0.2, 0) is 15.4 Å². The zero-order valence-electron chi connectivity index (χ0n) is 23.2. The van der Waals surface area contributed by atoms with Crippen LogP contribution in [0.15, 0.2) is 71.6 Å². The number of hydrogen-bond acceptors (Lipinski definition) is 6. The Hall–Kier alpha value is -3.91. The van der Waals surface area contributed by atoms with E-state index < -0.39 is 16.1 Å². The molecular weight excluding hydrogens is 508 g/mol. The number of sulfonamides is 1. The van der Waals surface area contributed by atoms with Gasteiger partial charge in [0.25, 0.3) is 10.0 Å². The molecule has 2 N–H and O–H groups in total. The number of fused-ring (bicyclic) bond motifs is 4. The van der Waals surface area contributed by atoms with Crippen LogP contribution in [0.3, 0.4) is 0 Å². The van der Waals surface area contributed by atoms with E-state index in [1.807, 2.05) is 38.1 Å². The molecular formula is C31H34N4O3S. The van der Waals surface area contributed by atoms with Gasteiger partial charge in [0.15, 0.2) is 0 Å². The molecule has 1 aromatic heterocycles. The van der Waals surface area contributed by atoms with Crippen LogP contribution in [0.25, 0.3) is 11.3 Å². The number of nitrogens with one attached hydrogen (secondary N) is 2. The molecule has 8 heteroatoms. The van der Waals surface area contributed by atoms with Crippen molar-refractivity contribution < 1.29 is 13.2 Å². The fraction of sp³-hybridized carbons (Fsp3) is 0.290. The van der Waals surface area contributed by atoms with Crippen LogP contribution in [0, 0.1) is 20.8 Å². The predicted molar refractivity (Wildman–Crippen MR) is 156 cm³/mol. The Labute approximate surface area is 230 Å². The van der Waals surface area contributed by atoms with E-state index in [0.717, 1.165) is 27.8 Å². The van der Waals surface area contributed by atoms with Crippen LogP contribution in [0.4, 0.5) is 11.6 Å². The normalized spacial score (nSPS) is 16.6. The molecule has 1 atom stereocenters. The lowest BCUT2D eigenvalue weighted by Crippen LogP contribution is -2.22. The molecule has 5 rings (SSSR count). The van der Waals surface area contributed by atoms with Crippen molar-refractivity contribution in [3.63, 3.8) is 0 Å². The van der Waals surface area contributed by atoms with Crippen molar-refractivity contribution in [1.29, 1.82) is 0 Å². The van der Waals surface area contributed by atoms with Gasteiger partial charge >= 0.3 is 0 Å². The fourth-order valence-corrected chi connectivity index (χ4v) is 5.89. The highest BCUT2D eigenvalue weighted by atomic mass is 32.2. The molecule has 0 saturated heterocycles. The maximum absolute atomic E-state index is 13.3. The molecule has 0 fully saturated rings. The van der Waals surface area contributed by atoms with Crippen molar-refractivity contribution >= 4 is 21.7 Å². The van der Waals surface area contributed by atoms with Crippen LogP contribution in [0.2, 0.25) is 0 Å². The quantitative estimate of drug-likeness (QED) is 0.292. The standard InChI is InChI=1S/C31H34N4O3S/c1-19-9-7-10-20(2)29(19)26-17-28-34-30(33-26)35-39(36,37)24-12-8-11-23(16-24)32-18-27(38-28)25-14-13-22(15-21(25)3)31(4,5)6/h7-17,27,32H,18H2,1-6H3,(H,33,34,35). The summed E-state index contributed by atoms with van der Waals surface area (Å²) in [6.45, 7) is 13.1. The summed E-state index contributed by atoms with van der Waals surface area (Å²) in [4.78, 5) is 9.24. The minimum Gasteiger partial charge on any atom is -0.467 e. The van der Waals surface area contributed by atoms with E-state index in [1.165, 1.54) is 5.56 Å². The third-order valence-corrected chi connectivity index (χ3v) is 8.37. The highest BCUT2D eigenvalue weighted by Crippen LogP contribution is 2.33. The lowest BCUT2D eigenvalue weighted by atomic mass is 9.85. The summed E-state index contributed by atoms with van der Waals surface area (Å²) in [6, 6.07) is 20.9. The Morgan fingerprint density at radius 3 is 2.28 bits per heavy atom. The number of anilines is 2. The van der Waals surface area contributed by atoms with Crippen molar-refractivity contribution in [3.8, 4) is 17.1 Å². The second-order valence-corrected chi connectivity index (χ2v) is 12.8. The van der Waals surface area contributed by atoms with Gasteiger partial charge in [0.1, 0.15) is 6.10 Å². The molecule has 3 aromatic carbocycles. The average Bonchev–Trinajstić information content (AvgIpc) is 2.85. The number of aromatic nitrogens is 2. The maximum Gasteiger partial charge on any atom is 0.264 e. The molecule has 0 amide bonds. The molecule has 4 aromatic rings. The first-order valence-electron chi connectivity index (χ1n) is 13.0. The second kappa shape index (κ2) is 10.0. The lowest BCUT2D eigenvalue weighted by molar-refractivity contribution is 0.209. The van der Waals surface area contributed by atoms with Crippen molar-refractivity contribution in [1.82, 2.24) is 9.97 Å². The third-order valence-electron chi connectivity index (χ3n) is 7.05.